The molecule has 0 bridgehead atoms. The summed E-state index contributed by atoms with van der Waals surface area (Å²) in [4.78, 5) is 14.8. The summed E-state index contributed by atoms with van der Waals surface area (Å²) in [6.07, 6.45) is -4.41. The van der Waals surface area contributed by atoms with Gasteiger partial charge in [-0.25, -0.2) is 0 Å². The molecular formula is C20H20F3N3OS. The Morgan fingerprint density at radius 2 is 1.96 bits per heavy atom. The highest BCUT2D eigenvalue weighted by molar-refractivity contribution is 7.12. The molecule has 0 fully saturated rings. The zero-order chi connectivity index (χ0) is 20.5. The molecule has 0 saturated carbocycles. The van der Waals surface area contributed by atoms with Crippen molar-refractivity contribution in [1.29, 1.82) is 0 Å². The van der Waals surface area contributed by atoms with Crippen LogP contribution in [0.4, 0.5) is 13.2 Å². The van der Waals surface area contributed by atoms with E-state index in [1.165, 1.54) is 10.9 Å². The third kappa shape index (κ3) is 4.27. The minimum absolute atomic E-state index is 0.00629. The van der Waals surface area contributed by atoms with E-state index in [1.807, 2.05) is 20.8 Å². The quantitative estimate of drug-likeness (QED) is 0.632. The van der Waals surface area contributed by atoms with Crippen molar-refractivity contribution in [2.75, 3.05) is 0 Å². The van der Waals surface area contributed by atoms with Gasteiger partial charge in [0.05, 0.1) is 11.3 Å². The maximum absolute atomic E-state index is 12.8. The van der Waals surface area contributed by atoms with E-state index in [9.17, 15) is 18.0 Å². The fourth-order valence-corrected chi connectivity index (χ4v) is 3.93. The molecule has 0 aliphatic heterocycles. The van der Waals surface area contributed by atoms with E-state index in [-0.39, 0.29) is 12.2 Å². The number of hydrogen-bond donors (Lipinski definition) is 1. The number of benzene rings is 1. The first-order valence-corrected chi connectivity index (χ1v) is 9.60. The van der Waals surface area contributed by atoms with Crippen LogP contribution in [-0.4, -0.2) is 15.7 Å². The van der Waals surface area contributed by atoms with E-state index in [0.29, 0.717) is 12.1 Å². The summed E-state index contributed by atoms with van der Waals surface area (Å²) in [6, 6.07) is 8.70. The SMILES string of the molecule is CCn1nc(C(=O)NCc2cccc(C(F)(F)F)c2)cc1-c1cc(C)sc1C. The highest BCUT2D eigenvalue weighted by Gasteiger charge is 2.30. The molecule has 148 valence electrons. The molecule has 0 spiro atoms. The predicted octanol–water partition coefficient (Wildman–Crippen LogP) is 5.20. The summed E-state index contributed by atoms with van der Waals surface area (Å²) in [6.45, 7) is 6.58. The van der Waals surface area contributed by atoms with Crippen LogP contribution in [0, 0.1) is 13.8 Å². The summed E-state index contributed by atoms with van der Waals surface area (Å²) in [7, 11) is 0. The molecule has 0 saturated heterocycles. The predicted molar refractivity (Wildman–Crippen MR) is 103 cm³/mol. The molecule has 3 rings (SSSR count). The maximum Gasteiger partial charge on any atom is 0.416 e. The van der Waals surface area contributed by atoms with Gasteiger partial charge < -0.3 is 5.32 Å². The summed E-state index contributed by atoms with van der Waals surface area (Å²) in [5.41, 5.74) is 1.78. The van der Waals surface area contributed by atoms with Crippen molar-refractivity contribution in [1.82, 2.24) is 15.1 Å². The fourth-order valence-electron chi connectivity index (χ4n) is 3.00. The van der Waals surface area contributed by atoms with Crippen LogP contribution in [0.25, 0.3) is 11.3 Å². The molecule has 0 radical (unpaired) electrons. The number of nitrogens with zero attached hydrogens (tertiary/aromatic N) is 2. The van der Waals surface area contributed by atoms with Crippen molar-refractivity contribution in [2.24, 2.45) is 0 Å². The van der Waals surface area contributed by atoms with Gasteiger partial charge in [0.2, 0.25) is 0 Å². The zero-order valence-corrected chi connectivity index (χ0v) is 16.5. The molecule has 8 heteroatoms. The van der Waals surface area contributed by atoms with E-state index in [1.54, 1.807) is 28.2 Å². The first kappa shape index (κ1) is 20.1. The van der Waals surface area contributed by atoms with Crippen LogP contribution in [0.3, 0.4) is 0 Å². The van der Waals surface area contributed by atoms with Crippen molar-refractivity contribution in [3.63, 3.8) is 0 Å². The Labute approximate surface area is 165 Å². The molecule has 4 nitrogen and oxygen atoms in total. The third-order valence-electron chi connectivity index (χ3n) is 4.34. The Balaban J connectivity index is 1.78. The third-order valence-corrected chi connectivity index (χ3v) is 5.30. The largest absolute Gasteiger partial charge is 0.416 e. The van der Waals surface area contributed by atoms with Gasteiger partial charge in [-0.05, 0) is 50.6 Å². The number of carbonyl (C=O) groups is 1. The Kier molecular flexibility index (Phi) is 5.60. The number of alkyl halides is 3. The van der Waals surface area contributed by atoms with Crippen molar-refractivity contribution < 1.29 is 18.0 Å². The number of hydrogen-bond acceptors (Lipinski definition) is 3. The second-order valence-corrected chi connectivity index (χ2v) is 7.90. The number of amides is 1. The van der Waals surface area contributed by atoms with Crippen molar-refractivity contribution in [3.8, 4) is 11.3 Å². The van der Waals surface area contributed by atoms with Gasteiger partial charge in [0.1, 0.15) is 0 Å². The average Bonchev–Trinajstić information content (AvgIpc) is 3.21. The number of rotatable bonds is 5. The Morgan fingerprint density at radius 1 is 1.21 bits per heavy atom. The van der Waals surface area contributed by atoms with E-state index < -0.39 is 17.6 Å². The topological polar surface area (TPSA) is 46.9 Å². The first-order chi connectivity index (χ1) is 13.2. The number of halogens is 3. The van der Waals surface area contributed by atoms with Crippen molar-refractivity contribution in [3.05, 3.63) is 63.0 Å². The Morgan fingerprint density at radius 3 is 2.57 bits per heavy atom. The molecule has 2 heterocycles. The first-order valence-electron chi connectivity index (χ1n) is 8.78. The van der Waals surface area contributed by atoms with Crippen molar-refractivity contribution >= 4 is 17.2 Å². The molecule has 3 aromatic rings. The summed E-state index contributed by atoms with van der Waals surface area (Å²) in [5.74, 6) is -0.421. The van der Waals surface area contributed by atoms with Crippen LogP contribution in [-0.2, 0) is 19.3 Å². The number of carbonyl (C=O) groups excluding carboxylic acids is 1. The number of nitrogens with one attached hydrogen (secondary N) is 1. The number of aryl methyl sites for hydroxylation is 3. The normalized spacial score (nSPS) is 11.6. The number of thiophene rings is 1. The molecule has 1 amide bonds. The number of aromatic nitrogens is 2. The van der Waals surface area contributed by atoms with E-state index in [2.05, 4.69) is 16.5 Å². The second-order valence-electron chi connectivity index (χ2n) is 6.44. The van der Waals surface area contributed by atoms with Crippen LogP contribution in [0.15, 0.2) is 36.4 Å². The Hall–Kier alpha value is -2.61. The van der Waals surface area contributed by atoms with Crippen LogP contribution in [0.1, 0.15) is 38.3 Å². The van der Waals surface area contributed by atoms with Gasteiger partial charge in [-0.3, -0.25) is 9.48 Å². The van der Waals surface area contributed by atoms with Gasteiger partial charge in [-0.15, -0.1) is 11.3 Å². The standard InChI is InChI=1S/C20H20F3N3OS/c1-4-26-18(16-8-12(2)28-13(16)3)10-17(25-26)19(27)24-11-14-6-5-7-15(9-14)20(21,22)23/h5-10H,4,11H2,1-3H3,(H,24,27). The summed E-state index contributed by atoms with van der Waals surface area (Å²) < 4.78 is 40.2. The summed E-state index contributed by atoms with van der Waals surface area (Å²) >= 11 is 1.68. The van der Waals surface area contributed by atoms with Crippen LogP contribution < -0.4 is 5.32 Å². The molecule has 2 aromatic heterocycles. The summed E-state index contributed by atoms with van der Waals surface area (Å²) in [5, 5.41) is 7.00. The van der Waals surface area contributed by atoms with Crippen LogP contribution in [0.2, 0.25) is 0 Å². The van der Waals surface area contributed by atoms with E-state index in [0.717, 1.165) is 28.3 Å². The molecule has 1 aromatic carbocycles. The lowest BCUT2D eigenvalue weighted by atomic mass is 10.1. The Bertz CT molecular complexity index is 1000. The molecular weight excluding hydrogens is 387 g/mol. The zero-order valence-electron chi connectivity index (χ0n) is 15.7. The van der Waals surface area contributed by atoms with Crippen LogP contribution in [0.5, 0.6) is 0 Å². The lowest BCUT2D eigenvalue weighted by Crippen LogP contribution is -2.23. The highest BCUT2D eigenvalue weighted by atomic mass is 32.1. The van der Waals surface area contributed by atoms with E-state index >= 15 is 0 Å². The minimum atomic E-state index is -4.41. The fraction of sp³-hybridized carbons (Fsp3) is 0.300. The van der Waals surface area contributed by atoms with Gasteiger partial charge in [0, 0.05) is 28.4 Å². The lowest BCUT2D eigenvalue weighted by Gasteiger charge is -2.09. The van der Waals surface area contributed by atoms with Crippen molar-refractivity contribution in [2.45, 2.75) is 40.0 Å². The maximum atomic E-state index is 12.8. The van der Waals surface area contributed by atoms with E-state index in [4.69, 9.17) is 0 Å². The minimum Gasteiger partial charge on any atom is -0.347 e. The van der Waals surface area contributed by atoms with Gasteiger partial charge in [-0.2, -0.15) is 18.3 Å². The smallest absolute Gasteiger partial charge is 0.347 e. The molecule has 0 unspecified atom stereocenters. The lowest BCUT2D eigenvalue weighted by molar-refractivity contribution is -0.137. The van der Waals surface area contributed by atoms with Crippen LogP contribution >= 0.6 is 11.3 Å². The highest BCUT2D eigenvalue weighted by Crippen LogP contribution is 2.31. The average molecular weight is 407 g/mol. The van der Waals surface area contributed by atoms with Gasteiger partial charge in [-0.1, -0.05) is 12.1 Å². The monoisotopic (exact) mass is 407 g/mol. The molecule has 0 aliphatic rings. The molecule has 1 N–H and O–H groups in total. The molecule has 0 atom stereocenters. The van der Waals surface area contributed by atoms with Gasteiger partial charge in [0.15, 0.2) is 5.69 Å². The van der Waals surface area contributed by atoms with Gasteiger partial charge in [0.25, 0.3) is 5.91 Å². The second kappa shape index (κ2) is 7.79. The molecule has 28 heavy (non-hydrogen) atoms. The molecule has 0 aliphatic carbocycles. The van der Waals surface area contributed by atoms with Gasteiger partial charge >= 0.3 is 6.18 Å².